The summed E-state index contributed by atoms with van der Waals surface area (Å²) in [5.41, 5.74) is 1.56. The summed E-state index contributed by atoms with van der Waals surface area (Å²) < 4.78 is 1.90. The zero-order chi connectivity index (χ0) is 11.7. The fraction of sp³-hybridized carbons (Fsp3) is 0.545. The van der Waals surface area contributed by atoms with E-state index in [0.717, 1.165) is 23.6 Å². The third-order valence-electron chi connectivity index (χ3n) is 2.90. The van der Waals surface area contributed by atoms with Crippen molar-refractivity contribution in [1.29, 1.82) is 0 Å². The van der Waals surface area contributed by atoms with Gasteiger partial charge in [0, 0.05) is 18.3 Å². The standard InChI is InChI=1S/C11H16N4O/c1-4-9(7(2)16)10-11-14-13-8(3)15(11)6-5-12-10/h5-7,9,16H,4H2,1-3H3. The molecule has 2 heterocycles. The monoisotopic (exact) mass is 220 g/mol. The van der Waals surface area contributed by atoms with Crippen LogP contribution in [0.3, 0.4) is 0 Å². The zero-order valence-corrected chi connectivity index (χ0v) is 9.75. The highest BCUT2D eigenvalue weighted by molar-refractivity contribution is 5.45. The molecule has 1 N–H and O–H groups in total. The van der Waals surface area contributed by atoms with Crippen LogP contribution >= 0.6 is 0 Å². The van der Waals surface area contributed by atoms with Gasteiger partial charge < -0.3 is 5.11 Å². The van der Waals surface area contributed by atoms with Crippen LogP contribution in [0, 0.1) is 6.92 Å². The molecule has 2 aromatic heterocycles. The van der Waals surface area contributed by atoms with Crippen molar-refractivity contribution in [2.24, 2.45) is 0 Å². The molecule has 5 nitrogen and oxygen atoms in total. The molecule has 0 aliphatic rings. The Bertz CT molecular complexity index is 492. The lowest BCUT2D eigenvalue weighted by Gasteiger charge is -2.17. The smallest absolute Gasteiger partial charge is 0.182 e. The summed E-state index contributed by atoms with van der Waals surface area (Å²) in [6.45, 7) is 5.71. The molecule has 0 saturated carbocycles. The minimum absolute atomic E-state index is 0.00676. The summed E-state index contributed by atoms with van der Waals surface area (Å²) >= 11 is 0. The van der Waals surface area contributed by atoms with E-state index in [9.17, 15) is 5.11 Å². The molecule has 2 atom stereocenters. The average molecular weight is 220 g/mol. The molecule has 0 radical (unpaired) electrons. The molecule has 86 valence electrons. The van der Waals surface area contributed by atoms with Crippen LogP contribution in [0.4, 0.5) is 0 Å². The third-order valence-corrected chi connectivity index (χ3v) is 2.90. The molecule has 0 bridgehead atoms. The Labute approximate surface area is 94.2 Å². The zero-order valence-electron chi connectivity index (χ0n) is 9.75. The van der Waals surface area contributed by atoms with Crippen molar-refractivity contribution in [3.63, 3.8) is 0 Å². The van der Waals surface area contributed by atoms with Gasteiger partial charge in [-0.15, -0.1) is 10.2 Å². The summed E-state index contributed by atoms with van der Waals surface area (Å²) in [6, 6.07) is 0. The second-order valence-electron chi connectivity index (χ2n) is 4.01. The topological polar surface area (TPSA) is 63.3 Å². The van der Waals surface area contributed by atoms with Crippen molar-refractivity contribution in [3.05, 3.63) is 23.9 Å². The maximum absolute atomic E-state index is 9.73. The molecule has 0 fully saturated rings. The highest BCUT2D eigenvalue weighted by Gasteiger charge is 2.21. The third kappa shape index (κ3) is 1.67. The number of aromatic nitrogens is 4. The number of aliphatic hydroxyl groups is 1. The van der Waals surface area contributed by atoms with E-state index in [-0.39, 0.29) is 5.92 Å². The predicted octanol–water partition coefficient (Wildman–Crippen LogP) is 1.31. The summed E-state index contributed by atoms with van der Waals surface area (Å²) in [6.07, 6.45) is 3.96. The number of aryl methyl sites for hydroxylation is 1. The first kappa shape index (κ1) is 11.0. The van der Waals surface area contributed by atoms with Crippen molar-refractivity contribution >= 4 is 5.65 Å². The number of hydrogen-bond donors (Lipinski definition) is 1. The molecular weight excluding hydrogens is 204 g/mol. The molecule has 0 saturated heterocycles. The summed E-state index contributed by atoms with van der Waals surface area (Å²) in [5.74, 6) is 0.839. The first-order valence-electron chi connectivity index (χ1n) is 5.49. The molecule has 2 rings (SSSR count). The first-order valence-corrected chi connectivity index (χ1v) is 5.49. The minimum atomic E-state index is -0.430. The number of rotatable bonds is 3. The molecular formula is C11H16N4O. The van der Waals surface area contributed by atoms with Gasteiger partial charge in [-0.1, -0.05) is 6.92 Å². The lowest BCUT2D eigenvalue weighted by atomic mass is 9.97. The SMILES string of the molecule is CCC(c1nccn2c(C)nnc12)C(C)O. The van der Waals surface area contributed by atoms with E-state index in [2.05, 4.69) is 15.2 Å². The van der Waals surface area contributed by atoms with Crippen molar-refractivity contribution in [3.8, 4) is 0 Å². The van der Waals surface area contributed by atoms with Crippen LogP contribution in [0.5, 0.6) is 0 Å². The highest BCUT2D eigenvalue weighted by atomic mass is 16.3. The molecule has 0 spiro atoms. The largest absolute Gasteiger partial charge is 0.393 e. The van der Waals surface area contributed by atoms with E-state index >= 15 is 0 Å². The molecule has 2 aromatic rings. The molecule has 16 heavy (non-hydrogen) atoms. The number of fused-ring (bicyclic) bond motifs is 1. The van der Waals surface area contributed by atoms with Gasteiger partial charge in [0.15, 0.2) is 5.65 Å². The van der Waals surface area contributed by atoms with E-state index in [0.29, 0.717) is 0 Å². The quantitative estimate of drug-likeness (QED) is 0.847. The Kier molecular flexibility index (Phi) is 2.87. The Morgan fingerprint density at radius 1 is 1.44 bits per heavy atom. The number of hydrogen-bond acceptors (Lipinski definition) is 4. The van der Waals surface area contributed by atoms with Crippen molar-refractivity contribution in [2.75, 3.05) is 0 Å². The van der Waals surface area contributed by atoms with Gasteiger partial charge in [0.25, 0.3) is 0 Å². The van der Waals surface area contributed by atoms with E-state index in [1.807, 2.05) is 24.4 Å². The van der Waals surface area contributed by atoms with Crippen LogP contribution in [-0.2, 0) is 0 Å². The van der Waals surface area contributed by atoms with E-state index in [4.69, 9.17) is 0 Å². The van der Waals surface area contributed by atoms with E-state index in [1.54, 1.807) is 13.1 Å². The molecule has 2 unspecified atom stereocenters. The normalized spacial score (nSPS) is 15.2. The molecule has 0 aromatic carbocycles. The maximum Gasteiger partial charge on any atom is 0.182 e. The summed E-state index contributed by atoms with van der Waals surface area (Å²) in [7, 11) is 0. The average Bonchev–Trinajstić information content (AvgIpc) is 2.62. The van der Waals surface area contributed by atoms with Gasteiger partial charge in [-0.3, -0.25) is 9.38 Å². The second-order valence-corrected chi connectivity index (χ2v) is 4.01. The molecule has 0 aliphatic heterocycles. The van der Waals surface area contributed by atoms with Gasteiger partial charge in [-0.25, -0.2) is 0 Å². The van der Waals surface area contributed by atoms with Crippen molar-refractivity contribution in [1.82, 2.24) is 19.6 Å². The van der Waals surface area contributed by atoms with Gasteiger partial charge in [-0.05, 0) is 20.3 Å². The summed E-state index contributed by atoms with van der Waals surface area (Å²) in [4.78, 5) is 4.33. The van der Waals surface area contributed by atoms with Gasteiger partial charge >= 0.3 is 0 Å². The fourth-order valence-electron chi connectivity index (χ4n) is 1.98. The Balaban J connectivity index is 2.59. The van der Waals surface area contributed by atoms with Crippen LogP contribution in [0.25, 0.3) is 5.65 Å². The minimum Gasteiger partial charge on any atom is -0.393 e. The van der Waals surface area contributed by atoms with Gasteiger partial charge in [0.2, 0.25) is 0 Å². The molecule has 0 amide bonds. The first-order chi connectivity index (χ1) is 7.65. The molecule has 5 heteroatoms. The maximum atomic E-state index is 9.73. The lowest BCUT2D eigenvalue weighted by Crippen LogP contribution is -2.16. The number of nitrogens with zero attached hydrogens (tertiary/aromatic N) is 4. The van der Waals surface area contributed by atoms with E-state index in [1.165, 1.54) is 0 Å². The predicted molar refractivity (Wildman–Crippen MR) is 60.2 cm³/mol. The van der Waals surface area contributed by atoms with Crippen LogP contribution in [-0.4, -0.2) is 30.8 Å². The highest BCUT2D eigenvalue weighted by Crippen LogP contribution is 2.24. The fourth-order valence-corrected chi connectivity index (χ4v) is 1.98. The van der Waals surface area contributed by atoms with Crippen molar-refractivity contribution < 1.29 is 5.11 Å². The van der Waals surface area contributed by atoms with Crippen LogP contribution in [0.2, 0.25) is 0 Å². The van der Waals surface area contributed by atoms with Crippen molar-refractivity contribution in [2.45, 2.75) is 39.2 Å². The van der Waals surface area contributed by atoms with Gasteiger partial charge in [0.05, 0.1) is 11.8 Å². The Morgan fingerprint density at radius 2 is 2.19 bits per heavy atom. The van der Waals surface area contributed by atoms with E-state index < -0.39 is 6.10 Å². The lowest BCUT2D eigenvalue weighted by molar-refractivity contribution is 0.158. The van der Waals surface area contributed by atoms with Gasteiger partial charge in [-0.2, -0.15) is 0 Å². The van der Waals surface area contributed by atoms with Crippen LogP contribution in [0.1, 0.15) is 37.7 Å². The summed E-state index contributed by atoms with van der Waals surface area (Å²) in [5, 5.41) is 17.9. The van der Waals surface area contributed by atoms with Crippen LogP contribution < -0.4 is 0 Å². The Morgan fingerprint density at radius 3 is 2.81 bits per heavy atom. The second kappa shape index (κ2) is 4.17. The van der Waals surface area contributed by atoms with Gasteiger partial charge in [0.1, 0.15) is 5.82 Å². The number of aliphatic hydroxyl groups excluding tert-OH is 1. The Hall–Kier alpha value is -1.49. The van der Waals surface area contributed by atoms with Crippen LogP contribution in [0.15, 0.2) is 12.4 Å². The molecule has 0 aliphatic carbocycles.